The molecule has 2 heterocycles. The molecule has 0 spiro atoms. The number of aliphatic hydroxyl groups is 5. The normalized spacial score (nSPS) is 29.8. The number of benzene rings is 2. The molecule has 6 N–H and O–H groups in total. The van der Waals surface area contributed by atoms with E-state index in [4.69, 9.17) is 14.2 Å². The van der Waals surface area contributed by atoms with E-state index < -0.39 is 37.0 Å². The van der Waals surface area contributed by atoms with Gasteiger partial charge in [-0.2, -0.15) is 5.10 Å². The van der Waals surface area contributed by atoms with Gasteiger partial charge in [0.05, 0.1) is 30.3 Å². The van der Waals surface area contributed by atoms with Gasteiger partial charge >= 0.3 is 0 Å². The van der Waals surface area contributed by atoms with E-state index in [9.17, 15) is 25.5 Å². The van der Waals surface area contributed by atoms with Crippen LogP contribution in [0.5, 0.6) is 11.5 Å². The van der Waals surface area contributed by atoms with Gasteiger partial charge in [-0.05, 0) is 85.9 Å². The van der Waals surface area contributed by atoms with Crippen LogP contribution in [0.15, 0.2) is 30.3 Å². The van der Waals surface area contributed by atoms with Crippen LogP contribution < -0.4 is 9.47 Å². The first-order valence-corrected chi connectivity index (χ1v) is 12.6. The summed E-state index contributed by atoms with van der Waals surface area (Å²) in [7, 11) is 1.68. The van der Waals surface area contributed by atoms with Crippen molar-refractivity contribution in [2.45, 2.75) is 69.4 Å². The highest BCUT2D eigenvalue weighted by molar-refractivity contribution is 5.88. The van der Waals surface area contributed by atoms with Crippen molar-refractivity contribution in [2.75, 3.05) is 13.7 Å². The lowest BCUT2D eigenvalue weighted by molar-refractivity contribution is -0.385. The van der Waals surface area contributed by atoms with Crippen LogP contribution in [0.1, 0.15) is 35.2 Å². The standard InChI is InChI=1S/C27H34N2O8/c1-14-9-20-23(21(10-14)37-27(34)25(32)24(31)22(13-30)36-26(27)33)19(28-29-20)8-4-15-3-5-17-12-18(35-2)7-6-16(17)11-15/h6-7,9-10,12,15,22,24-26,30-34H,3-5,8,11,13H2,1-2H3,(H,28,29)/t15?,22-,24-,25+,26-,27+/m1/s1. The second-order valence-corrected chi connectivity index (χ2v) is 10.1. The quantitative estimate of drug-likeness (QED) is 0.254. The number of nitrogens with one attached hydrogen (secondary N) is 1. The Morgan fingerprint density at radius 1 is 1.16 bits per heavy atom. The summed E-state index contributed by atoms with van der Waals surface area (Å²) >= 11 is 0. The van der Waals surface area contributed by atoms with Crippen molar-refractivity contribution >= 4 is 10.9 Å². The molecular formula is C27H34N2O8. The highest BCUT2D eigenvalue weighted by Crippen LogP contribution is 2.38. The molecule has 0 amide bonds. The van der Waals surface area contributed by atoms with Crippen LogP contribution in [0.3, 0.4) is 0 Å². The van der Waals surface area contributed by atoms with Crippen LogP contribution in [0, 0.1) is 12.8 Å². The van der Waals surface area contributed by atoms with Crippen molar-refractivity contribution in [3.05, 3.63) is 52.7 Å². The van der Waals surface area contributed by atoms with E-state index in [1.165, 1.54) is 11.1 Å². The molecule has 2 aromatic carbocycles. The fraction of sp³-hybridized carbons (Fsp3) is 0.519. The minimum Gasteiger partial charge on any atom is -0.497 e. The second kappa shape index (κ2) is 10.2. The monoisotopic (exact) mass is 514 g/mol. The summed E-state index contributed by atoms with van der Waals surface area (Å²) in [5.41, 5.74) is 4.89. The number of rotatable bonds is 7. The van der Waals surface area contributed by atoms with Gasteiger partial charge in [0.25, 0.3) is 5.79 Å². The Bertz CT molecular complexity index is 1260. The van der Waals surface area contributed by atoms with Crippen LogP contribution >= 0.6 is 0 Å². The van der Waals surface area contributed by atoms with Gasteiger partial charge < -0.3 is 39.7 Å². The Morgan fingerprint density at radius 3 is 2.73 bits per heavy atom. The first kappa shape index (κ1) is 25.9. The SMILES string of the molecule is COc1ccc2c(c1)CCC(CCc1n[nH]c3cc(C)cc(O[C@]4(O)[C@H](O)O[C@H](CO)[C@@H](O)[C@@H]4O)c13)C2. The highest BCUT2D eigenvalue weighted by atomic mass is 16.7. The molecule has 1 fully saturated rings. The number of fused-ring (bicyclic) bond motifs is 2. The molecule has 200 valence electrons. The Morgan fingerprint density at radius 2 is 1.97 bits per heavy atom. The largest absolute Gasteiger partial charge is 0.497 e. The van der Waals surface area contributed by atoms with Crippen LogP contribution in [-0.4, -0.2) is 79.8 Å². The number of aryl methyl sites for hydroxylation is 3. The van der Waals surface area contributed by atoms with Gasteiger partial charge in [-0.3, -0.25) is 5.10 Å². The predicted molar refractivity (Wildman–Crippen MR) is 133 cm³/mol. The first-order chi connectivity index (χ1) is 17.7. The first-order valence-electron chi connectivity index (χ1n) is 12.6. The summed E-state index contributed by atoms with van der Waals surface area (Å²) in [6.45, 7) is 1.19. The molecule has 1 aliphatic heterocycles. The Balaban J connectivity index is 1.37. The summed E-state index contributed by atoms with van der Waals surface area (Å²) in [6, 6.07) is 9.82. The third-order valence-corrected chi connectivity index (χ3v) is 7.62. The molecule has 10 nitrogen and oxygen atoms in total. The van der Waals surface area contributed by atoms with Crippen LogP contribution in [0.25, 0.3) is 10.9 Å². The zero-order valence-electron chi connectivity index (χ0n) is 20.9. The molecule has 0 radical (unpaired) electrons. The average Bonchev–Trinajstić information content (AvgIpc) is 3.31. The third-order valence-electron chi connectivity index (χ3n) is 7.62. The number of methoxy groups -OCH3 is 1. The number of nitrogens with zero attached hydrogens (tertiary/aromatic N) is 1. The maximum atomic E-state index is 11.1. The predicted octanol–water partition coefficient (Wildman–Crippen LogP) is 1.12. The van der Waals surface area contributed by atoms with Gasteiger partial charge in [-0.15, -0.1) is 0 Å². The lowest BCUT2D eigenvalue weighted by atomic mass is 9.81. The van der Waals surface area contributed by atoms with Gasteiger partial charge in [0.2, 0.25) is 6.29 Å². The molecule has 3 aromatic rings. The number of hydrogen-bond donors (Lipinski definition) is 6. The van der Waals surface area contributed by atoms with Crippen molar-refractivity contribution in [2.24, 2.45) is 5.92 Å². The van der Waals surface area contributed by atoms with Crippen molar-refractivity contribution in [1.29, 1.82) is 0 Å². The number of ether oxygens (including phenoxy) is 3. The number of H-pyrrole nitrogens is 1. The van der Waals surface area contributed by atoms with Crippen LogP contribution in [-0.2, 0) is 24.0 Å². The zero-order valence-corrected chi connectivity index (χ0v) is 20.9. The minimum atomic E-state index is -2.66. The number of aromatic amines is 1. The fourth-order valence-corrected chi connectivity index (χ4v) is 5.48. The van der Waals surface area contributed by atoms with E-state index >= 15 is 0 Å². The molecule has 0 saturated carbocycles. The summed E-state index contributed by atoms with van der Waals surface area (Å²) < 4.78 is 16.3. The summed E-state index contributed by atoms with van der Waals surface area (Å²) in [6.07, 6.45) is -2.29. The molecule has 10 heteroatoms. The summed E-state index contributed by atoms with van der Waals surface area (Å²) in [5, 5.41) is 59.8. The molecule has 1 saturated heterocycles. The molecule has 37 heavy (non-hydrogen) atoms. The highest BCUT2D eigenvalue weighted by Gasteiger charge is 2.57. The maximum absolute atomic E-state index is 11.1. The summed E-state index contributed by atoms with van der Waals surface area (Å²) in [5.74, 6) is -1.11. The van der Waals surface area contributed by atoms with Crippen LogP contribution in [0.2, 0.25) is 0 Å². The van der Waals surface area contributed by atoms with E-state index in [1.54, 1.807) is 13.2 Å². The smallest absolute Gasteiger partial charge is 0.288 e. The molecule has 1 aromatic heterocycles. The maximum Gasteiger partial charge on any atom is 0.288 e. The topological polar surface area (TPSA) is 158 Å². The van der Waals surface area contributed by atoms with E-state index in [-0.39, 0.29) is 5.75 Å². The molecule has 6 atom stereocenters. The molecule has 1 aliphatic carbocycles. The van der Waals surface area contributed by atoms with Crippen molar-refractivity contribution in [1.82, 2.24) is 10.2 Å². The fourth-order valence-electron chi connectivity index (χ4n) is 5.48. The van der Waals surface area contributed by atoms with E-state index in [2.05, 4.69) is 22.3 Å². The lowest BCUT2D eigenvalue weighted by Crippen LogP contribution is -2.69. The van der Waals surface area contributed by atoms with Gasteiger partial charge in [0.1, 0.15) is 23.7 Å². The van der Waals surface area contributed by atoms with Crippen molar-refractivity contribution in [3.63, 3.8) is 0 Å². The van der Waals surface area contributed by atoms with E-state index in [0.717, 1.165) is 42.7 Å². The molecule has 5 rings (SSSR count). The van der Waals surface area contributed by atoms with Crippen LogP contribution in [0.4, 0.5) is 0 Å². The Kier molecular flexibility index (Phi) is 7.14. The Labute approximate surface area is 214 Å². The van der Waals surface area contributed by atoms with Gasteiger partial charge in [-0.25, -0.2) is 0 Å². The number of hydrogen-bond acceptors (Lipinski definition) is 9. The molecular weight excluding hydrogens is 480 g/mol. The van der Waals surface area contributed by atoms with E-state index in [0.29, 0.717) is 23.2 Å². The molecule has 0 bridgehead atoms. The minimum absolute atomic E-state index is 0.193. The van der Waals surface area contributed by atoms with Gasteiger partial charge in [0, 0.05) is 0 Å². The van der Waals surface area contributed by atoms with E-state index in [1.807, 2.05) is 19.1 Å². The van der Waals surface area contributed by atoms with Gasteiger partial charge in [-0.1, -0.05) is 6.07 Å². The Hall–Kier alpha value is -2.73. The number of aliphatic hydroxyl groups excluding tert-OH is 4. The van der Waals surface area contributed by atoms with Crippen molar-refractivity contribution < 1.29 is 39.7 Å². The lowest BCUT2D eigenvalue weighted by Gasteiger charge is -2.45. The summed E-state index contributed by atoms with van der Waals surface area (Å²) in [4.78, 5) is 0. The number of aromatic nitrogens is 2. The van der Waals surface area contributed by atoms with Gasteiger partial charge in [0.15, 0.2) is 6.10 Å². The zero-order chi connectivity index (χ0) is 26.3. The third kappa shape index (κ3) is 4.81. The second-order valence-electron chi connectivity index (χ2n) is 10.1. The molecule has 1 unspecified atom stereocenters. The van der Waals surface area contributed by atoms with Crippen molar-refractivity contribution in [3.8, 4) is 11.5 Å². The average molecular weight is 515 g/mol. The molecule has 2 aliphatic rings.